The predicted octanol–water partition coefficient (Wildman–Crippen LogP) is 1.98. The van der Waals surface area contributed by atoms with E-state index in [0.29, 0.717) is 12.1 Å². The van der Waals surface area contributed by atoms with Gasteiger partial charge in [-0.1, -0.05) is 24.5 Å². The first-order valence-corrected chi connectivity index (χ1v) is 6.34. The third-order valence-corrected chi connectivity index (χ3v) is 2.77. The number of hydrogen-bond acceptors (Lipinski definition) is 3. The zero-order chi connectivity index (χ0) is 13.4. The van der Waals surface area contributed by atoms with E-state index < -0.39 is 0 Å². The lowest BCUT2D eigenvalue weighted by Gasteiger charge is -2.07. The fourth-order valence-corrected chi connectivity index (χ4v) is 1.72. The number of hydrogen-bond donors (Lipinski definition) is 3. The van der Waals surface area contributed by atoms with Gasteiger partial charge < -0.3 is 15.5 Å². The van der Waals surface area contributed by atoms with Gasteiger partial charge in [-0.05, 0) is 31.9 Å². The summed E-state index contributed by atoms with van der Waals surface area (Å²) in [6.07, 6.45) is 3.66. The summed E-state index contributed by atoms with van der Waals surface area (Å²) in [6.45, 7) is 2.70. The Bertz CT molecular complexity index is 391. The molecule has 0 fully saturated rings. The summed E-state index contributed by atoms with van der Waals surface area (Å²) in [7, 11) is 0. The fourth-order valence-electron chi connectivity index (χ4n) is 1.72. The molecular formula is C14H21NO3. The number of aryl methyl sites for hydroxylation is 1. The first kappa shape index (κ1) is 14.5. The van der Waals surface area contributed by atoms with Crippen LogP contribution in [0.25, 0.3) is 0 Å². The molecule has 0 radical (unpaired) electrons. The van der Waals surface area contributed by atoms with Crippen LogP contribution in [0.3, 0.4) is 0 Å². The second-order valence-electron chi connectivity index (χ2n) is 4.41. The molecule has 0 heterocycles. The first-order chi connectivity index (χ1) is 8.65. The Balaban J connectivity index is 2.34. The summed E-state index contributed by atoms with van der Waals surface area (Å²) in [5.74, 6) is -0.225. The molecule has 0 aliphatic carbocycles. The maximum atomic E-state index is 11.8. The Hall–Kier alpha value is -1.55. The van der Waals surface area contributed by atoms with E-state index in [1.165, 1.54) is 6.07 Å². The maximum absolute atomic E-state index is 11.8. The van der Waals surface area contributed by atoms with Gasteiger partial charge in [-0.2, -0.15) is 0 Å². The van der Waals surface area contributed by atoms with Gasteiger partial charge >= 0.3 is 0 Å². The van der Waals surface area contributed by atoms with E-state index in [0.717, 1.165) is 31.2 Å². The molecule has 0 saturated carbocycles. The van der Waals surface area contributed by atoms with Crippen LogP contribution in [0.4, 0.5) is 0 Å². The van der Waals surface area contributed by atoms with Crippen LogP contribution >= 0.6 is 0 Å². The Morgan fingerprint density at radius 2 is 1.94 bits per heavy atom. The van der Waals surface area contributed by atoms with Gasteiger partial charge in [-0.15, -0.1) is 0 Å². The normalized spacial score (nSPS) is 10.3. The summed E-state index contributed by atoms with van der Waals surface area (Å²) in [5.41, 5.74) is 1.27. The molecule has 0 spiro atoms. The largest absolute Gasteiger partial charge is 0.507 e. The molecule has 0 bridgehead atoms. The summed E-state index contributed by atoms with van der Waals surface area (Å²) < 4.78 is 0. The zero-order valence-corrected chi connectivity index (χ0v) is 10.8. The molecule has 1 aromatic carbocycles. The van der Waals surface area contributed by atoms with Gasteiger partial charge in [0.05, 0.1) is 5.56 Å². The molecule has 3 N–H and O–H groups in total. The lowest BCUT2D eigenvalue weighted by Crippen LogP contribution is -2.24. The molecule has 1 aromatic rings. The van der Waals surface area contributed by atoms with Crippen molar-refractivity contribution in [3.63, 3.8) is 0 Å². The van der Waals surface area contributed by atoms with Crippen molar-refractivity contribution in [2.24, 2.45) is 0 Å². The Kier molecular flexibility index (Phi) is 6.22. The molecule has 0 aromatic heterocycles. The Labute approximate surface area is 108 Å². The topological polar surface area (TPSA) is 69.6 Å². The molecule has 0 aliphatic heterocycles. The number of aromatic hydroxyl groups is 1. The summed E-state index contributed by atoms with van der Waals surface area (Å²) >= 11 is 0. The van der Waals surface area contributed by atoms with Crippen LogP contribution in [0.5, 0.6) is 5.75 Å². The van der Waals surface area contributed by atoms with Gasteiger partial charge in [0.25, 0.3) is 5.91 Å². The number of aliphatic hydroxyl groups is 1. The average Bonchev–Trinajstić information content (AvgIpc) is 2.36. The van der Waals surface area contributed by atoms with Gasteiger partial charge in [0.2, 0.25) is 0 Å². The third kappa shape index (κ3) is 4.75. The molecule has 4 nitrogen and oxygen atoms in total. The van der Waals surface area contributed by atoms with Gasteiger partial charge in [0.15, 0.2) is 0 Å². The van der Waals surface area contributed by atoms with E-state index in [1.807, 2.05) is 6.92 Å². The number of phenols is 1. The van der Waals surface area contributed by atoms with Crippen molar-refractivity contribution < 1.29 is 15.0 Å². The predicted molar refractivity (Wildman–Crippen MR) is 70.7 cm³/mol. The maximum Gasteiger partial charge on any atom is 0.255 e. The highest BCUT2D eigenvalue weighted by Crippen LogP contribution is 2.17. The molecule has 4 heteroatoms. The van der Waals surface area contributed by atoms with Gasteiger partial charge in [0, 0.05) is 13.2 Å². The molecule has 18 heavy (non-hydrogen) atoms. The lowest BCUT2D eigenvalue weighted by atomic mass is 10.1. The average molecular weight is 251 g/mol. The van der Waals surface area contributed by atoms with E-state index in [4.69, 9.17) is 5.11 Å². The van der Waals surface area contributed by atoms with Crippen molar-refractivity contribution in [1.29, 1.82) is 0 Å². The Morgan fingerprint density at radius 1 is 1.22 bits per heavy atom. The number of amides is 1. The van der Waals surface area contributed by atoms with Gasteiger partial charge in [0.1, 0.15) is 5.75 Å². The number of nitrogens with one attached hydrogen (secondary N) is 1. The summed E-state index contributed by atoms with van der Waals surface area (Å²) in [6, 6.07) is 4.98. The van der Waals surface area contributed by atoms with Crippen LogP contribution in [0, 0.1) is 6.92 Å². The van der Waals surface area contributed by atoms with Crippen LogP contribution in [-0.2, 0) is 0 Å². The highest BCUT2D eigenvalue weighted by Gasteiger charge is 2.10. The number of carbonyl (C=O) groups is 1. The van der Waals surface area contributed by atoms with E-state index in [1.54, 1.807) is 12.1 Å². The molecule has 1 rings (SSSR count). The smallest absolute Gasteiger partial charge is 0.255 e. The molecule has 100 valence electrons. The van der Waals surface area contributed by atoms with Crippen molar-refractivity contribution in [3.05, 3.63) is 29.3 Å². The van der Waals surface area contributed by atoms with E-state index in [9.17, 15) is 9.90 Å². The van der Waals surface area contributed by atoms with Crippen molar-refractivity contribution in [2.75, 3.05) is 13.2 Å². The van der Waals surface area contributed by atoms with E-state index in [2.05, 4.69) is 5.32 Å². The standard InChI is InChI=1S/C14H21NO3/c1-11-6-7-13(17)12(10-11)14(18)15-8-4-2-3-5-9-16/h6-7,10,16-17H,2-5,8-9H2,1H3,(H,15,18). The minimum atomic E-state index is -0.238. The quantitative estimate of drug-likeness (QED) is 0.649. The van der Waals surface area contributed by atoms with E-state index >= 15 is 0 Å². The summed E-state index contributed by atoms with van der Waals surface area (Å²) in [5, 5.41) is 21.0. The summed E-state index contributed by atoms with van der Waals surface area (Å²) in [4.78, 5) is 11.8. The molecular weight excluding hydrogens is 230 g/mol. The minimum Gasteiger partial charge on any atom is -0.507 e. The van der Waals surface area contributed by atoms with Crippen LogP contribution in [-0.4, -0.2) is 29.3 Å². The third-order valence-electron chi connectivity index (χ3n) is 2.77. The van der Waals surface area contributed by atoms with E-state index in [-0.39, 0.29) is 18.3 Å². The second-order valence-corrected chi connectivity index (χ2v) is 4.41. The highest BCUT2D eigenvalue weighted by atomic mass is 16.3. The van der Waals surface area contributed by atoms with Crippen molar-refractivity contribution in [2.45, 2.75) is 32.6 Å². The molecule has 0 atom stereocenters. The lowest BCUT2D eigenvalue weighted by molar-refractivity contribution is 0.0950. The van der Waals surface area contributed by atoms with Crippen molar-refractivity contribution in [1.82, 2.24) is 5.32 Å². The number of unbranched alkanes of at least 4 members (excludes halogenated alkanes) is 3. The number of carbonyl (C=O) groups excluding carboxylic acids is 1. The number of benzene rings is 1. The van der Waals surface area contributed by atoms with Crippen molar-refractivity contribution >= 4 is 5.91 Å². The molecule has 1 amide bonds. The zero-order valence-electron chi connectivity index (χ0n) is 10.8. The van der Waals surface area contributed by atoms with Gasteiger partial charge in [-0.3, -0.25) is 4.79 Å². The number of phenolic OH excluding ortho intramolecular Hbond substituents is 1. The second kappa shape index (κ2) is 7.71. The number of aliphatic hydroxyl groups excluding tert-OH is 1. The fraction of sp³-hybridized carbons (Fsp3) is 0.500. The minimum absolute atomic E-state index is 0.0124. The van der Waals surface area contributed by atoms with Crippen LogP contribution < -0.4 is 5.32 Å². The first-order valence-electron chi connectivity index (χ1n) is 6.34. The van der Waals surface area contributed by atoms with Crippen LogP contribution in [0.1, 0.15) is 41.6 Å². The molecule has 0 saturated heterocycles. The van der Waals surface area contributed by atoms with Gasteiger partial charge in [-0.25, -0.2) is 0 Å². The number of rotatable bonds is 7. The highest BCUT2D eigenvalue weighted by molar-refractivity contribution is 5.96. The monoisotopic (exact) mass is 251 g/mol. The molecule has 0 aliphatic rings. The van der Waals surface area contributed by atoms with Crippen LogP contribution in [0.15, 0.2) is 18.2 Å². The van der Waals surface area contributed by atoms with Crippen molar-refractivity contribution in [3.8, 4) is 5.75 Å². The Morgan fingerprint density at radius 3 is 2.67 bits per heavy atom. The SMILES string of the molecule is Cc1ccc(O)c(C(=O)NCCCCCCO)c1. The molecule has 0 unspecified atom stereocenters. The van der Waals surface area contributed by atoms with Crippen LogP contribution in [0.2, 0.25) is 0 Å².